The molecule has 1 saturated heterocycles. The topological polar surface area (TPSA) is 85.7 Å². The van der Waals surface area contributed by atoms with E-state index in [9.17, 15) is 9.59 Å². The van der Waals surface area contributed by atoms with E-state index in [1.54, 1.807) is 17.1 Å². The lowest BCUT2D eigenvalue weighted by Gasteiger charge is -2.32. The summed E-state index contributed by atoms with van der Waals surface area (Å²) in [5, 5.41) is 7.03. The van der Waals surface area contributed by atoms with Crippen molar-refractivity contribution in [3.63, 3.8) is 0 Å². The molecular formula is C27H32N4O4. The van der Waals surface area contributed by atoms with E-state index in [1.807, 2.05) is 66.4 Å². The number of hydrogen-bond donors (Lipinski definition) is 1. The Balaban J connectivity index is 1.19. The third-order valence-electron chi connectivity index (χ3n) is 5.93. The molecule has 1 fully saturated rings. The van der Waals surface area contributed by atoms with Crippen LogP contribution in [0.25, 0.3) is 0 Å². The summed E-state index contributed by atoms with van der Waals surface area (Å²) in [5.41, 5.74) is 1.76. The highest BCUT2D eigenvalue weighted by Gasteiger charge is 2.24. The Hall–Kier alpha value is -3.81. The minimum absolute atomic E-state index is 0.0160. The second kappa shape index (κ2) is 12.1. The first kappa shape index (κ1) is 24.3. The summed E-state index contributed by atoms with van der Waals surface area (Å²) < 4.78 is 13.1. The molecule has 0 aliphatic carbocycles. The fourth-order valence-electron chi connectivity index (χ4n) is 4.03. The highest BCUT2D eigenvalue weighted by atomic mass is 16.5. The van der Waals surface area contributed by atoms with Crippen LogP contribution in [0.2, 0.25) is 0 Å². The molecule has 35 heavy (non-hydrogen) atoms. The van der Waals surface area contributed by atoms with Gasteiger partial charge in [-0.05, 0) is 44.0 Å². The fourth-order valence-corrected chi connectivity index (χ4v) is 4.03. The van der Waals surface area contributed by atoms with Crippen molar-refractivity contribution in [3.05, 3.63) is 72.6 Å². The molecule has 1 aliphatic rings. The Morgan fingerprint density at radius 1 is 1.06 bits per heavy atom. The van der Waals surface area contributed by atoms with Gasteiger partial charge in [0.2, 0.25) is 11.8 Å². The van der Waals surface area contributed by atoms with Crippen molar-refractivity contribution in [2.24, 2.45) is 5.92 Å². The fraction of sp³-hybridized carbons (Fsp3) is 0.370. The van der Waals surface area contributed by atoms with Crippen molar-refractivity contribution in [2.75, 3.05) is 31.6 Å². The average molecular weight is 477 g/mol. The van der Waals surface area contributed by atoms with Gasteiger partial charge in [0.1, 0.15) is 18.0 Å². The number of anilines is 1. The molecule has 1 unspecified atom stereocenters. The zero-order chi connectivity index (χ0) is 24.5. The molecule has 8 heteroatoms. The molecular weight excluding hydrogens is 444 g/mol. The summed E-state index contributed by atoms with van der Waals surface area (Å²) in [6.07, 6.45) is 5.45. The lowest BCUT2D eigenvalue weighted by molar-refractivity contribution is -0.134. The van der Waals surface area contributed by atoms with E-state index in [1.165, 1.54) is 5.56 Å². The molecule has 184 valence electrons. The van der Waals surface area contributed by atoms with E-state index < -0.39 is 0 Å². The van der Waals surface area contributed by atoms with Gasteiger partial charge >= 0.3 is 0 Å². The molecule has 3 aromatic rings. The number of aromatic nitrogens is 2. The van der Waals surface area contributed by atoms with Gasteiger partial charge in [0.25, 0.3) is 0 Å². The molecule has 0 radical (unpaired) electrons. The van der Waals surface area contributed by atoms with E-state index in [2.05, 4.69) is 10.4 Å². The van der Waals surface area contributed by atoms with Crippen LogP contribution in [0.4, 0.5) is 5.69 Å². The number of carbonyl (C=O) groups is 2. The number of benzene rings is 2. The van der Waals surface area contributed by atoms with Crippen molar-refractivity contribution in [1.29, 1.82) is 0 Å². The first-order valence-electron chi connectivity index (χ1n) is 12.0. The average Bonchev–Trinajstić information content (AvgIpc) is 3.31. The van der Waals surface area contributed by atoms with Gasteiger partial charge < -0.3 is 19.7 Å². The Labute approximate surface area is 205 Å². The maximum Gasteiger partial charge on any atom is 0.244 e. The summed E-state index contributed by atoms with van der Waals surface area (Å²) in [5.74, 6) is 1.74. The molecule has 1 aliphatic heterocycles. The highest BCUT2D eigenvalue weighted by Crippen LogP contribution is 2.20. The van der Waals surface area contributed by atoms with Crippen molar-refractivity contribution >= 4 is 17.5 Å². The van der Waals surface area contributed by atoms with Gasteiger partial charge in [0.05, 0.1) is 31.5 Å². The second-order valence-corrected chi connectivity index (χ2v) is 8.86. The monoisotopic (exact) mass is 476 g/mol. The van der Waals surface area contributed by atoms with Crippen LogP contribution in [-0.2, 0) is 16.1 Å². The number of aryl methyl sites for hydroxylation is 1. The van der Waals surface area contributed by atoms with Gasteiger partial charge in [-0.3, -0.25) is 14.3 Å². The summed E-state index contributed by atoms with van der Waals surface area (Å²) in [4.78, 5) is 26.9. The van der Waals surface area contributed by atoms with Crippen LogP contribution in [0.15, 0.2) is 67.0 Å². The minimum Gasteiger partial charge on any atom is -0.493 e. The number of para-hydroxylation sites is 1. The van der Waals surface area contributed by atoms with Gasteiger partial charge in [-0.15, -0.1) is 0 Å². The lowest BCUT2D eigenvalue weighted by atomic mass is 9.99. The van der Waals surface area contributed by atoms with Gasteiger partial charge in [-0.1, -0.05) is 35.9 Å². The van der Waals surface area contributed by atoms with Crippen LogP contribution in [0, 0.1) is 12.8 Å². The van der Waals surface area contributed by atoms with E-state index in [4.69, 9.17) is 9.47 Å². The van der Waals surface area contributed by atoms with Gasteiger partial charge in [0, 0.05) is 25.2 Å². The summed E-state index contributed by atoms with van der Waals surface area (Å²) in [6, 6.07) is 17.4. The first-order valence-corrected chi connectivity index (χ1v) is 12.0. The van der Waals surface area contributed by atoms with Crippen LogP contribution < -0.4 is 14.8 Å². The van der Waals surface area contributed by atoms with Gasteiger partial charge in [-0.25, -0.2) is 0 Å². The predicted octanol–water partition coefficient (Wildman–Crippen LogP) is 3.92. The normalized spacial score (nSPS) is 15.5. The molecule has 0 bridgehead atoms. The number of piperidine rings is 1. The van der Waals surface area contributed by atoms with Crippen LogP contribution in [0.1, 0.15) is 24.8 Å². The zero-order valence-corrected chi connectivity index (χ0v) is 20.1. The quantitative estimate of drug-likeness (QED) is 0.479. The standard InChI is InChI=1S/C27H32N4O4/c1-21-9-11-25(12-10-21)35-20-22-6-5-14-30(17-22)27(33)19-31-18-23(16-28-31)29-26(32)13-15-34-24-7-3-2-4-8-24/h2-4,7-12,16,18,22H,5-6,13-15,17,19-20H2,1H3,(H,29,32). The number of likely N-dealkylation sites (tertiary alicyclic amines) is 1. The van der Waals surface area contributed by atoms with Crippen LogP contribution in [0.5, 0.6) is 11.5 Å². The van der Waals surface area contributed by atoms with E-state index >= 15 is 0 Å². The maximum atomic E-state index is 12.9. The highest BCUT2D eigenvalue weighted by molar-refractivity contribution is 5.90. The molecule has 4 rings (SSSR count). The molecule has 0 spiro atoms. The number of nitrogens with one attached hydrogen (secondary N) is 1. The van der Waals surface area contributed by atoms with Gasteiger partial charge in [-0.2, -0.15) is 5.10 Å². The molecule has 2 aromatic carbocycles. The Morgan fingerprint density at radius 3 is 2.63 bits per heavy atom. The number of carbonyl (C=O) groups excluding carboxylic acids is 2. The molecule has 1 aromatic heterocycles. The Kier molecular flexibility index (Phi) is 8.38. The number of ether oxygens (including phenoxy) is 2. The lowest BCUT2D eigenvalue weighted by Crippen LogP contribution is -2.43. The van der Waals surface area contributed by atoms with Crippen LogP contribution in [0.3, 0.4) is 0 Å². The Bertz CT molecular complexity index is 1100. The predicted molar refractivity (Wildman–Crippen MR) is 133 cm³/mol. The van der Waals surface area contributed by atoms with Crippen molar-refractivity contribution in [3.8, 4) is 11.5 Å². The summed E-state index contributed by atoms with van der Waals surface area (Å²) in [7, 11) is 0. The number of rotatable bonds is 10. The van der Waals surface area contributed by atoms with Crippen molar-refractivity contribution in [2.45, 2.75) is 32.7 Å². The maximum absolute atomic E-state index is 12.9. The molecule has 0 saturated carbocycles. The summed E-state index contributed by atoms with van der Waals surface area (Å²) >= 11 is 0. The third kappa shape index (κ3) is 7.60. The minimum atomic E-state index is -0.167. The molecule has 1 atom stereocenters. The van der Waals surface area contributed by atoms with Crippen LogP contribution >= 0.6 is 0 Å². The number of amides is 2. The smallest absolute Gasteiger partial charge is 0.244 e. The third-order valence-corrected chi connectivity index (χ3v) is 5.93. The Morgan fingerprint density at radius 2 is 1.83 bits per heavy atom. The zero-order valence-electron chi connectivity index (χ0n) is 20.1. The van der Waals surface area contributed by atoms with Gasteiger partial charge in [0.15, 0.2) is 0 Å². The first-order chi connectivity index (χ1) is 17.0. The number of hydrogen-bond acceptors (Lipinski definition) is 5. The van der Waals surface area contributed by atoms with Crippen LogP contribution in [-0.4, -0.2) is 52.8 Å². The van der Waals surface area contributed by atoms with Crippen molar-refractivity contribution in [1.82, 2.24) is 14.7 Å². The second-order valence-electron chi connectivity index (χ2n) is 8.86. The molecule has 2 heterocycles. The SMILES string of the molecule is Cc1ccc(OCC2CCCN(C(=O)Cn3cc(NC(=O)CCOc4ccccc4)cn3)C2)cc1. The largest absolute Gasteiger partial charge is 0.493 e. The van der Waals surface area contributed by atoms with E-state index in [0.717, 1.165) is 30.9 Å². The van der Waals surface area contributed by atoms with E-state index in [0.29, 0.717) is 24.8 Å². The summed E-state index contributed by atoms with van der Waals surface area (Å²) in [6.45, 7) is 4.49. The van der Waals surface area contributed by atoms with E-state index in [-0.39, 0.29) is 31.4 Å². The molecule has 8 nitrogen and oxygen atoms in total. The number of nitrogens with zero attached hydrogens (tertiary/aromatic N) is 3. The van der Waals surface area contributed by atoms with Crippen molar-refractivity contribution < 1.29 is 19.1 Å². The molecule has 1 N–H and O–H groups in total. The molecule has 2 amide bonds.